The molecule has 2 N–H and O–H groups in total. The third-order valence-corrected chi connectivity index (χ3v) is 3.09. The van der Waals surface area contributed by atoms with Gasteiger partial charge in [0.25, 0.3) is 0 Å². The molecule has 2 aromatic heterocycles. The lowest BCUT2D eigenvalue weighted by Crippen LogP contribution is -1.94. The lowest BCUT2D eigenvalue weighted by Gasteiger charge is -1.98. The second-order valence-electron chi connectivity index (χ2n) is 3.10. The summed E-state index contributed by atoms with van der Waals surface area (Å²) >= 11 is 1.44. The van der Waals surface area contributed by atoms with Gasteiger partial charge < -0.3 is 10.3 Å². The summed E-state index contributed by atoms with van der Waals surface area (Å²) < 4.78 is 1.93. The molecule has 0 bridgehead atoms. The summed E-state index contributed by atoms with van der Waals surface area (Å²) in [7, 11) is 1.93. The largest absolute Gasteiger partial charge is 0.375 e. The maximum absolute atomic E-state index is 5.62. The Kier molecular flexibility index (Phi) is 1.99. The molecule has 14 heavy (non-hydrogen) atoms. The van der Waals surface area contributed by atoms with Crippen molar-refractivity contribution in [3.8, 4) is 10.7 Å². The summed E-state index contributed by atoms with van der Waals surface area (Å²) in [6, 6.07) is 0. The summed E-state index contributed by atoms with van der Waals surface area (Å²) in [4.78, 5) is 5.14. The molecule has 0 unspecified atom stereocenters. The fraction of sp³-hybridized carbons (Fsp3) is 0.375. The third kappa shape index (κ3) is 1.27. The summed E-state index contributed by atoms with van der Waals surface area (Å²) in [5, 5.41) is 8.65. The van der Waals surface area contributed by atoms with E-state index in [2.05, 4.69) is 15.2 Å². The fourth-order valence-corrected chi connectivity index (χ4v) is 2.08. The molecule has 6 heteroatoms. The van der Waals surface area contributed by atoms with E-state index in [1.807, 2.05) is 25.5 Å². The van der Waals surface area contributed by atoms with E-state index in [9.17, 15) is 0 Å². The molecule has 0 aliphatic carbocycles. The number of aryl methyl sites for hydroxylation is 2. The molecular formula is C8H11N5S. The Morgan fingerprint density at radius 1 is 1.29 bits per heavy atom. The van der Waals surface area contributed by atoms with Crippen LogP contribution in [-0.4, -0.2) is 19.7 Å². The Labute approximate surface area is 85.6 Å². The SMILES string of the molecule is Cc1nc(N)sc1-c1nnc(C)n1C. The molecule has 2 heterocycles. The third-order valence-electron chi connectivity index (χ3n) is 2.11. The van der Waals surface area contributed by atoms with E-state index in [4.69, 9.17) is 5.73 Å². The van der Waals surface area contributed by atoms with Crippen molar-refractivity contribution >= 4 is 16.5 Å². The predicted octanol–water partition coefficient (Wildman–Crippen LogP) is 1.14. The van der Waals surface area contributed by atoms with Crippen LogP contribution in [0, 0.1) is 13.8 Å². The molecule has 0 spiro atoms. The van der Waals surface area contributed by atoms with Crippen LogP contribution in [0.5, 0.6) is 0 Å². The summed E-state index contributed by atoms with van der Waals surface area (Å²) in [6.07, 6.45) is 0. The van der Waals surface area contributed by atoms with Gasteiger partial charge in [-0.2, -0.15) is 0 Å². The highest BCUT2D eigenvalue weighted by molar-refractivity contribution is 7.18. The van der Waals surface area contributed by atoms with Crippen LogP contribution in [0.1, 0.15) is 11.5 Å². The van der Waals surface area contributed by atoms with E-state index in [1.165, 1.54) is 11.3 Å². The van der Waals surface area contributed by atoms with E-state index >= 15 is 0 Å². The molecule has 2 rings (SSSR count). The topological polar surface area (TPSA) is 69.6 Å². The smallest absolute Gasteiger partial charge is 0.180 e. The predicted molar refractivity (Wildman–Crippen MR) is 56.0 cm³/mol. The standard InChI is InChI=1S/C8H11N5S/c1-4-6(14-8(9)10-4)7-12-11-5(2)13(7)3/h1-3H3,(H2,9,10). The maximum atomic E-state index is 5.62. The van der Waals surface area contributed by atoms with Crippen molar-refractivity contribution in [3.05, 3.63) is 11.5 Å². The zero-order valence-electron chi connectivity index (χ0n) is 8.27. The van der Waals surface area contributed by atoms with Crippen molar-refractivity contribution in [3.63, 3.8) is 0 Å². The van der Waals surface area contributed by atoms with Crippen molar-refractivity contribution in [1.29, 1.82) is 0 Å². The Morgan fingerprint density at radius 3 is 2.43 bits per heavy atom. The van der Waals surface area contributed by atoms with Crippen LogP contribution in [0.2, 0.25) is 0 Å². The van der Waals surface area contributed by atoms with Crippen LogP contribution < -0.4 is 5.73 Å². The van der Waals surface area contributed by atoms with Crippen LogP contribution in [0.15, 0.2) is 0 Å². The molecule has 0 radical (unpaired) electrons. The number of rotatable bonds is 1. The lowest BCUT2D eigenvalue weighted by molar-refractivity contribution is 0.865. The minimum Gasteiger partial charge on any atom is -0.375 e. The van der Waals surface area contributed by atoms with E-state index in [0.717, 1.165) is 22.2 Å². The second-order valence-corrected chi connectivity index (χ2v) is 4.13. The van der Waals surface area contributed by atoms with Gasteiger partial charge in [0, 0.05) is 7.05 Å². The zero-order chi connectivity index (χ0) is 10.3. The first kappa shape index (κ1) is 9.14. The van der Waals surface area contributed by atoms with E-state index in [1.54, 1.807) is 0 Å². The molecule has 0 saturated heterocycles. The summed E-state index contributed by atoms with van der Waals surface area (Å²) in [5.41, 5.74) is 6.53. The monoisotopic (exact) mass is 209 g/mol. The van der Waals surface area contributed by atoms with Crippen LogP contribution in [0.4, 0.5) is 5.13 Å². The quantitative estimate of drug-likeness (QED) is 0.764. The van der Waals surface area contributed by atoms with Crippen molar-refractivity contribution in [2.45, 2.75) is 13.8 Å². The molecule has 0 aromatic carbocycles. The van der Waals surface area contributed by atoms with Crippen molar-refractivity contribution in [2.75, 3.05) is 5.73 Å². The minimum atomic E-state index is 0.568. The van der Waals surface area contributed by atoms with Crippen molar-refractivity contribution in [1.82, 2.24) is 19.7 Å². The molecule has 0 saturated carbocycles. The number of aromatic nitrogens is 4. The van der Waals surface area contributed by atoms with Crippen molar-refractivity contribution in [2.24, 2.45) is 7.05 Å². The number of thiazole rings is 1. The normalized spacial score (nSPS) is 10.8. The first-order chi connectivity index (χ1) is 6.59. The van der Waals surface area contributed by atoms with E-state index < -0.39 is 0 Å². The number of nitrogen functional groups attached to an aromatic ring is 1. The van der Waals surface area contributed by atoms with Gasteiger partial charge in [-0.3, -0.25) is 0 Å². The van der Waals surface area contributed by atoms with Crippen molar-refractivity contribution < 1.29 is 0 Å². The average Bonchev–Trinajstić information content (AvgIpc) is 2.59. The van der Waals surface area contributed by atoms with E-state index in [-0.39, 0.29) is 0 Å². The maximum Gasteiger partial charge on any atom is 0.180 e. The fourth-order valence-electron chi connectivity index (χ4n) is 1.23. The Bertz CT molecular complexity index is 470. The highest BCUT2D eigenvalue weighted by Crippen LogP contribution is 2.29. The van der Waals surface area contributed by atoms with Crippen LogP contribution in [0.25, 0.3) is 10.7 Å². The summed E-state index contributed by atoms with van der Waals surface area (Å²) in [5.74, 6) is 1.71. The van der Waals surface area contributed by atoms with Gasteiger partial charge >= 0.3 is 0 Å². The highest BCUT2D eigenvalue weighted by Gasteiger charge is 2.14. The molecule has 0 amide bonds. The Hall–Kier alpha value is -1.43. The first-order valence-electron chi connectivity index (χ1n) is 4.19. The molecule has 5 nitrogen and oxygen atoms in total. The number of hydrogen-bond acceptors (Lipinski definition) is 5. The van der Waals surface area contributed by atoms with E-state index in [0.29, 0.717) is 5.13 Å². The van der Waals surface area contributed by atoms with Crippen LogP contribution >= 0.6 is 11.3 Å². The number of nitrogens with zero attached hydrogens (tertiary/aromatic N) is 4. The molecular weight excluding hydrogens is 198 g/mol. The molecule has 74 valence electrons. The molecule has 0 aliphatic rings. The van der Waals surface area contributed by atoms with Crippen LogP contribution in [-0.2, 0) is 7.05 Å². The highest BCUT2D eigenvalue weighted by atomic mass is 32.1. The number of nitrogens with two attached hydrogens (primary N) is 1. The molecule has 0 atom stereocenters. The summed E-state index contributed by atoms with van der Waals surface area (Å²) in [6.45, 7) is 3.84. The van der Waals surface area contributed by atoms with Gasteiger partial charge in [0.15, 0.2) is 11.0 Å². The lowest BCUT2D eigenvalue weighted by atomic mass is 10.4. The van der Waals surface area contributed by atoms with Gasteiger partial charge in [-0.1, -0.05) is 11.3 Å². The number of anilines is 1. The van der Waals surface area contributed by atoms with Gasteiger partial charge in [0.1, 0.15) is 5.82 Å². The first-order valence-corrected chi connectivity index (χ1v) is 5.00. The van der Waals surface area contributed by atoms with Gasteiger partial charge in [-0.25, -0.2) is 4.98 Å². The zero-order valence-corrected chi connectivity index (χ0v) is 9.09. The second kappa shape index (κ2) is 3.06. The van der Waals surface area contributed by atoms with Gasteiger partial charge in [-0.05, 0) is 13.8 Å². The minimum absolute atomic E-state index is 0.568. The Balaban J connectivity index is 2.59. The molecule has 0 fully saturated rings. The van der Waals surface area contributed by atoms with Gasteiger partial charge in [0.05, 0.1) is 10.6 Å². The Morgan fingerprint density at radius 2 is 2.00 bits per heavy atom. The molecule has 2 aromatic rings. The number of hydrogen-bond donors (Lipinski definition) is 1. The molecule has 0 aliphatic heterocycles. The van der Waals surface area contributed by atoms with Crippen LogP contribution in [0.3, 0.4) is 0 Å². The average molecular weight is 209 g/mol. The van der Waals surface area contributed by atoms with Gasteiger partial charge in [-0.15, -0.1) is 10.2 Å². The van der Waals surface area contributed by atoms with Gasteiger partial charge in [0.2, 0.25) is 0 Å².